The minimum Gasteiger partial charge on any atom is -0.354 e. The monoisotopic (exact) mass is 301 g/mol. The zero-order chi connectivity index (χ0) is 14.7. The van der Waals surface area contributed by atoms with Crippen LogP contribution in [-0.2, 0) is 4.79 Å². The van der Waals surface area contributed by atoms with Crippen LogP contribution in [0.4, 0.5) is 17.2 Å². The number of aromatic nitrogens is 1. The van der Waals surface area contributed by atoms with Crippen molar-refractivity contribution in [2.45, 2.75) is 19.3 Å². The topological polar surface area (TPSA) is 54.0 Å². The van der Waals surface area contributed by atoms with E-state index in [0.29, 0.717) is 10.8 Å². The van der Waals surface area contributed by atoms with Gasteiger partial charge in [0.05, 0.1) is 11.9 Å². The fraction of sp³-hybridized carbons (Fsp3) is 0.250. The minimum absolute atomic E-state index is 0.0761. The molecule has 0 aliphatic heterocycles. The maximum Gasteiger partial charge on any atom is 0.228 e. The number of rotatable bonds is 4. The zero-order valence-corrected chi connectivity index (χ0v) is 12.2. The molecule has 1 heterocycles. The number of carbonyl (C=O) groups is 1. The van der Waals surface area contributed by atoms with Crippen molar-refractivity contribution in [3.05, 3.63) is 47.6 Å². The van der Waals surface area contributed by atoms with E-state index in [1.807, 2.05) is 30.3 Å². The Bertz CT molecular complexity index is 621. The maximum absolute atomic E-state index is 11.8. The summed E-state index contributed by atoms with van der Waals surface area (Å²) < 4.78 is 0. The lowest BCUT2D eigenvalue weighted by Gasteiger charge is -2.23. The molecule has 1 aliphatic rings. The van der Waals surface area contributed by atoms with E-state index in [9.17, 15) is 4.79 Å². The summed E-state index contributed by atoms with van der Waals surface area (Å²) in [4.78, 5) is 16.1. The second kappa shape index (κ2) is 6.14. The van der Waals surface area contributed by atoms with Gasteiger partial charge in [-0.1, -0.05) is 18.0 Å². The molecule has 1 saturated carbocycles. The van der Waals surface area contributed by atoms with Gasteiger partial charge in [0.15, 0.2) is 0 Å². The Morgan fingerprint density at radius 1 is 1.10 bits per heavy atom. The van der Waals surface area contributed by atoms with E-state index in [2.05, 4.69) is 15.6 Å². The molecule has 1 fully saturated rings. The van der Waals surface area contributed by atoms with E-state index in [4.69, 9.17) is 11.6 Å². The summed E-state index contributed by atoms with van der Waals surface area (Å²) in [6.07, 6.45) is 4.82. The molecule has 1 aliphatic carbocycles. The fourth-order valence-electron chi connectivity index (χ4n) is 2.14. The molecule has 0 atom stereocenters. The number of hydrogen-bond donors (Lipinski definition) is 2. The molecule has 3 rings (SSSR count). The van der Waals surface area contributed by atoms with Crippen LogP contribution in [0.2, 0.25) is 5.02 Å². The van der Waals surface area contributed by atoms with Crippen molar-refractivity contribution in [3.8, 4) is 0 Å². The predicted molar refractivity (Wildman–Crippen MR) is 84.9 cm³/mol. The smallest absolute Gasteiger partial charge is 0.228 e. The number of carbonyl (C=O) groups excluding carboxylic acids is 1. The molecule has 4 nitrogen and oxygen atoms in total. The van der Waals surface area contributed by atoms with Crippen molar-refractivity contribution < 1.29 is 4.79 Å². The first-order valence-corrected chi connectivity index (χ1v) is 7.38. The SMILES string of the molecule is O=C(Nc1ccc(Nc2ccc(Cl)cc2)cn1)C1CCC1. The van der Waals surface area contributed by atoms with E-state index in [-0.39, 0.29) is 11.8 Å². The van der Waals surface area contributed by atoms with Crippen LogP contribution in [0.25, 0.3) is 0 Å². The van der Waals surface area contributed by atoms with Crippen LogP contribution in [0.3, 0.4) is 0 Å². The van der Waals surface area contributed by atoms with Gasteiger partial charge in [-0.2, -0.15) is 0 Å². The van der Waals surface area contributed by atoms with Gasteiger partial charge in [-0.05, 0) is 49.2 Å². The Kier molecular flexibility index (Phi) is 4.06. The summed E-state index contributed by atoms with van der Waals surface area (Å²) >= 11 is 5.85. The highest BCUT2D eigenvalue weighted by Crippen LogP contribution is 2.27. The highest BCUT2D eigenvalue weighted by atomic mass is 35.5. The number of amides is 1. The van der Waals surface area contributed by atoms with Gasteiger partial charge in [0, 0.05) is 16.6 Å². The van der Waals surface area contributed by atoms with Crippen molar-refractivity contribution in [2.24, 2.45) is 5.92 Å². The highest BCUT2D eigenvalue weighted by Gasteiger charge is 2.25. The first-order chi connectivity index (χ1) is 10.2. The Morgan fingerprint density at radius 2 is 1.81 bits per heavy atom. The summed E-state index contributed by atoms with van der Waals surface area (Å²) in [6.45, 7) is 0. The molecule has 108 valence electrons. The van der Waals surface area contributed by atoms with Crippen molar-refractivity contribution in [1.82, 2.24) is 4.98 Å². The summed E-state index contributed by atoms with van der Waals surface area (Å²) in [5, 5.41) is 6.77. The third-order valence-corrected chi connectivity index (χ3v) is 3.88. The first kappa shape index (κ1) is 13.9. The Labute approximate surface area is 128 Å². The van der Waals surface area contributed by atoms with Gasteiger partial charge in [-0.15, -0.1) is 0 Å². The molecule has 21 heavy (non-hydrogen) atoms. The molecule has 0 radical (unpaired) electrons. The van der Waals surface area contributed by atoms with E-state index in [1.165, 1.54) is 0 Å². The molecule has 0 bridgehead atoms. The number of hydrogen-bond acceptors (Lipinski definition) is 3. The first-order valence-electron chi connectivity index (χ1n) is 7.00. The average molecular weight is 302 g/mol. The molecule has 2 N–H and O–H groups in total. The van der Waals surface area contributed by atoms with Gasteiger partial charge in [-0.3, -0.25) is 4.79 Å². The number of anilines is 3. The van der Waals surface area contributed by atoms with E-state index in [0.717, 1.165) is 30.6 Å². The zero-order valence-electron chi connectivity index (χ0n) is 11.5. The van der Waals surface area contributed by atoms with Crippen molar-refractivity contribution in [3.63, 3.8) is 0 Å². The van der Waals surface area contributed by atoms with Crippen LogP contribution < -0.4 is 10.6 Å². The molecule has 1 aromatic carbocycles. The van der Waals surface area contributed by atoms with Gasteiger partial charge < -0.3 is 10.6 Å². The van der Waals surface area contributed by atoms with Crippen LogP contribution in [0, 0.1) is 5.92 Å². The fourth-order valence-corrected chi connectivity index (χ4v) is 2.27. The quantitative estimate of drug-likeness (QED) is 0.889. The molecular weight excluding hydrogens is 286 g/mol. The van der Waals surface area contributed by atoms with Crippen LogP contribution in [0.5, 0.6) is 0 Å². The van der Waals surface area contributed by atoms with Gasteiger partial charge in [-0.25, -0.2) is 4.98 Å². The maximum atomic E-state index is 11.8. The van der Waals surface area contributed by atoms with Gasteiger partial charge in [0.2, 0.25) is 5.91 Å². The van der Waals surface area contributed by atoms with Crippen LogP contribution in [0.15, 0.2) is 42.6 Å². The average Bonchev–Trinajstić information content (AvgIpc) is 2.41. The minimum atomic E-state index is 0.0761. The lowest BCUT2D eigenvalue weighted by molar-refractivity contribution is -0.122. The molecule has 0 saturated heterocycles. The van der Waals surface area contributed by atoms with Gasteiger partial charge >= 0.3 is 0 Å². The lowest BCUT2D eigenvalue weighted by atomic mass is 9.85. The second-order valence-corrected chi connectivity index (χ2v) is 5.62. The normalized spacial score (nSPS) is 14.3. The highest BCUT2D eigenvalue weighted by molar-refractivity contribution is 6.30. The molecule has 0 unspecified atom stereocenters. The lowest BCUT2D eigenvalue weighted by Crippen LogP contribution is -2.28. The molecule has 1 aromatic heterocycles. The van der Waals surface area contributed by atoms with Gasteiger partial charge in [0.25, 0.3) is 0 Å². The van der Waals surface area contributed by atoms with Gasteiger partial charge in [0.1, 0.15) is 5.82 Å². The van der Waals surface area contributed by atoms with E-state index >= 15 is 0 Å². The predicted octanol–water partition coefficient (Wildman–Crippen LogP) is 4.22. The molecule has 2 aromatic rings. The van der Waals surface area contributed by atoms with Crippen molar-refractivity contribution >= 4 is 34.7 Å². The van der Waals surface area contributed by atoms with Crippen LogP contribution in [0.1, 0.15) is 19.3 Å². The summed E-state index contributed by atoms with van der Waals surface area (Å²) in [6, 6.07) is 11.1. The van der Waals surface area contributed by atoms with Crippen molar-refractivity contribution in [1.29, 1.82) is 0 Å². The van der Waals surface area contributed by atoms with E-state index < -0.39 is 0 Å². The standard InChI is InChI=1S/C16H16ClN3O/c17-12-4-6-13(7-5-12)19-14-8-9-15(18-10-14)20-16(21)11-2-1-3-11/h4-11,19H,1-3H2,(H,18,20,21). The number of nitrogens with zero attached hydrogens (tertiary/aromatic N) is 1. The molecular formula is C16H16ClN3O. The van der Waals surface area contributed by atoms with Crippen LogP contribution in [-0.4, -0.2) is 10.9 Å². The number of halogens is 1. The Morgan fingerprint density at radius 3 is 2.38 bits per heavy atom. The van der Waals surface area contributed by atoms with Crippen LogP contribution >= 0.6 is 11.6 Å². The summed E-state index contributed by atoms with van der Waals surface area (Å²) in [7, 11) is 0. The Balaban J connectivity index is 1.60. The Hall–Kier alpha value is -2.07. The number of nitrogens with one attached hydrogen (secondary N) is 2. The number of benzene rings is 1. The number of pyridine rings is 1. The van der Waals surface area contributed by atoms with E-state index in [1.54, 1.807) is 12.3 Å². The second-order valence-electron chi connectivity index (χ2n) is 5.18. The summed E-state index contributed by atoms with van der Waals surface area (Å²) in [5.41, 5.74) is 1.80. The third kappa shape index (κ3) is 3.52. The largest absolute Gasteiger partial charge is 0.354 e. The molecule has 5 heteroatoms. The molecule has 0 spiro atoms. The van der Waals surface area contributed by atoms with Crippen molar-refractivity contribution in [2.75, 3.05) is 10.6 Å². The summed E-state index contributed by atoms with van der Waals surface area (Å²) in [5.74, 6) is 0.833. The third-order valence-electron chi connectivity index (χ3n) is 3.62. The molecule has 1 amide bonds.